The van der Waals surface area contributed by atoms with E-state index in [0.29, 0.717) is 6.61 Å². The maximum absolute atomic E-state index is 12.4. The van der Waals surface area contributed by atoms with E-state index in [1.807, 2.05) is 55.6 Å². The molecule has 0 aliphatic carbocycles. The van der Waals surface area contributed by atoms with Gasteiger partial charge in [0.2, 0.25) is 5.91 Å². The van der Waals surface area contributed by atoms with Crippen LogP contribution in [-0.2, 0) is 11.3 Å². The molecule has 0 saturated heterocycles. The van der Waals surface area contributed by atoms with Crippen LogP contribution >= 0.6 is 0 Å². The van der Waals surface area contributed by atoms with Crippen LogP contribution in [0.1, 0.15) is 17.0 Å². The Hall–Kier alpha value is -2.33. The van der Waals surface area contributed by atoms with Gasteiger partial charge < -0.3 is 15.4 Å². The molecule has 0 fully saturated rings. The number of para-hydroxylation sites is 1. The third-order valence-corrected chi connectivity index (χ3v) is 3.62. The minimum atomic E-state index is -0.238. The summed E-state index contributed by atoms with van der Waals surface area (Å²) in [5.41, 5.74) is 2.95. The van der Waals surface area contributed by atoms with Crippen molar-refractivity contribution in [2.45, 2.75) is 12.5 Å². The van der Waals surface area contributed by atoms with Gasteiger partial charge in [-0.1, -0.05) is 30.3 Å². The minimum absolute atomic E-state index is 0.0266. The van der Waals surface area contributed by atoms with Crippen molar-refractivity contribution in [2.75, 3.05) is 19.0 Å². The zero-order chi connectivity index (χ0) is 14.7. The lowest BCUT2D eigenvalue weighted by Gasteiger charge is -2.11. The summed E-state index contributed by atoms with van der Waals surface area (Å²) in [6, 6.07) is 15.5. The van der Waals surface area contributed by atoms with E-state index >= 15 is 0 Å². The maximum atomic E-state index is 12.4. The van der Waals surface area contributed by atoms with E-state index < -0.39 is 0 Å². The normalized spacial score (nSPS) is 16.1. The van der Waals surface area contributed by atoms with E-state index in [1.54, 1.807) is 0 Å². The average Bonchev–Trinajstić information content (AvgIpc) is 2.93. The van der Waals surface area contributed by atoms with Crippen LogP contribution in [0, 0.1) is 0 Å². The van der Waals surface area contributed by atoms with Gasteiger partial charge in [0.1, 0.15) is 18.3 Å². The topological polar surface area (TPSA) is 50.4 Å². The Bertz CT molecular complexity index is 637. The Morgan fingerprint density at radius 3 is 2.71 bits per heavy atom. The van der Waals surface area contributed by atoms with Crippen LogP contribution in [0.5, 0.6) is 5.75 Å². The first-order valence-electron chi connectivity index (χ1n) is 7.04. The molecule has 1 aliphatic rings. The van der Waals surface area contributed by atoms with Gasteiger partial charge in [0, 0.05) is 17.8 Å². The number of fused-ring (bicyclic) bond motifs is 1. The second-order valence-corrected chi connectivity index (χ2v) is 5.12. The highest BCUT2D eigenvalue weighted by Gasteiger charge is 2.29. The summed E-state index contributed by atoms with van der Waals surface area (Å²) in [6.07, 6.45) is 0. The molecule has 1 atom stereocenters. The molecule has 2 aromatic carbocycles. The van der Waals surface area contributed by atoms with Gasteiger partial charge >= 0.3 is 0 Å². The summed E-state index contributed by atoms with van der Waals surface area (Å²) in [7, 11) is 1.91. The van der Waals surface area contributed by atoms with Gasteiger partial charge in [-0.15, -0.1) is 0 Å². The molecule has 0 saturated carbocycles. The Labute approximate surface area is 124 Å². The average molecular weight is 282 g/mol. The molecule has 2 N–H and O–H groups in total. The van der Waals surface area contributed by atoms with Gasteiger partial charge in [0.05, 0.1) is 0 Å². The van der Waals surface area contributed by atoms with Crippen LogP contribution in [0.4, 0.5) is 5.69 Å². The summed E-state index contributed by atoms with van der Waals surface area (Å²) in [4.78, 5) is 12.4. The van der Waals surface area contributed by atoms with E-state index in [4.69, 9.17) is 4.74 Å². The number of anilines is 1. The number of nitrogens with one attached hydrogen (secondary N) is 2. The lowest BCUT2D eigenvalue weighted by atomic mass is 10.0. The molecule has 2 aromatic rings. The van der Waals surface area contributed by atoms with Crippen molar-refractivity contribution in [1.29, 1.82) is 0 Å². The fraction of sp³-hybridized carbons (Fsp3) is 0.235. The van der Waals surface area contributed by atoms with Gasteiger partial charge in [-0.3, -0.25) is 4.79 Å². The smallest absolute Gasteiger partial charge is 0.235 e. The number of hydrogen-bond acceptors (Lipinski definition) is 3. The quantitative estimate of drug-likeness (QED) is 0.906. The zero-order valence-corrected chi connectivity index (χ0v) is 11.9. The molecule has 4 heteroatoms. The van der Waals surface area contributed by atoms with E-state index in [0.717, 1.165) is 23.5 Å². The number of carbonyl (C=O) groups excluding carboxylic acids is 1. The van der Waals surface area contributed by atoms with Crippen molar-refractivity contribution in [3.8, 4) is 5.75 Å². The van der Waals surface area contributed by atoms with Gasteiger partial charge in [0.25, 0.3) is 0 Å². The van der Waals surface area contributed by atoms with Crippen molar-refractivity contribution in [3.05, 3.63) is 59.7 Å². The summed E-state index contributed by atoms with van der Waals surface area (Å²) in [5, 5.41) is 6.05. The molecular formula is C17H18N2O2. The third-order valence-electron chi connectivity index (χ3n) is 3.62. The van der Waals surface area contributed by atoms with Crippen LogP contribution in [0.3, 0.4) is 0 Å². The second kappa shape index (κ2) is 5.97. The summed E-state index contributed by atoms with van der Waals surface area (Å²) in [6.45, 7) is 1.22. The van der Waals surface area contributed by atoms with Crippen molar-refractivity contribution >= 4 is 11.6 Å². The van der Waals surface area contributed by atoms with Crippen molar-refractivity contribution in [2.24, 2.45) is 0 Å². The van der Waals surface area contributed by atoms with Crippen LogP contribution in [-0.4, -0.2) is 19.6 Å². The van der Waals surface area contributed by atoms with Gasteiger partial charge in [-0.25, -0.2) is 0 Å². The summed E-state index contributed by atoms with van der Waals surface area (Å²) >= 11 is 0. The van der Waals surface area contributed by atoms with Crippen molar-refractivity contribution in [3.63, 3.8) is 0 Å². The maximum Gasteiger partial charge on any atom is 0.235 e. The lowest BCUT2D eigenvalue weighted by molar-refractivity contribution is -0.117. The Morgan fingerprint density at radius 1 is 1.19 bits per heavy atom. The predicted octanol–water partition coefficient (Wildman–Crippen LogP) is 2.52. The monoisotopic (exact) mass is 282 g/mol. The molecule has 1 amide bonds. The number of ether oxygens (including phenoxy) is 1. The first kappa shape index (κ1) is 13.6. The van der Waals surface area contributed by atoms with Crippen LogP contribution in [0.2, 0.25) is 0 Å². The molecule has 3 rings (SSSR count). The number of rotatable bonds is 4. The fourth-order valence-corrected chi connectivity index (χ4v) is 2.52. The highest BCUT2D eigenvalue weighted by atomic mass is 16.5. The van der Waals surface area contributed by atoms with Gasteiger partial charge in [-0.2, -0.15) is 0 Å². The van der Waals surface area contributed by atoms with E-state index in [1.165, 1.54) is 5.56 Å². The minimum Gasteiger partial charge on any atom is -0.492 e. The van der Waals surface area contributed by atoms with Gasteiger partial charge in [-0.05, 0) is 30.8 Å². The van der Waals surface area contributed by atoms with Crippen molar-refractivity contribution < 1.29 is 9.53 Å². The van der Waals surface area contributed by atoms with E-state index in [-0.39, 0.29) is 11.8 Å². The Kier molecular flexibility index (Phi) is 3.88. The molecule has 1 heterocycles. The zero-order valence-electron chi connectivity index (χ0n) is 11.9. The summed E-state index contributed by atoms with van der Waals surface area (Å²) in [5.74, 6) is 0.543. The first-order chi connectivity index (χ1) is 10.3. The molecule has 0 radical (unpaired) electrons. The SMILES string of the molecule is CNCc1ccc(NC(=O)C2COc3ccccc32)cc1. The Balaban J connectivity index is 1.70. The van der Waals surface area contributed by atoms with E-state index in [9.17, 15) is 4.79 Å². The molecule has 1 unspecified atom stereocenters. The second-order valence-electron chi connectivity index (χ2n) is 5.12. The fourth-order valence-electron chi connectivity index (χ4n) is 2.52. The molecule has 0 spiro atoms. The highest BCUT2D eigenvalue weighted by molar-refractivity contribution is 5.96. The molecule has 108 valence electrons. The molecule has 1 aliphatic heterocycles. The lowest BCUT2D eigenvalue weighted by Crippen LogP contribution is -2.22. The van der Waals surface area contributed by atoms with Crippen molar-refractivity contribution in [1.82, 2.24) is 5.32 Å². The number of hydrogen-bond donors (Lipinski definition) is 2. The number of carbonyl (C=O) groups is 1. The number of amides is 1. The summed E-state index contributed by atoms with van der Waals surface area (Å²) < 4.78 is 5.55. The number of benzene rings is 2. The molecule has 0 bridgehead atoms. The van der Waals surface area contributed by atoms with E-state index in [2.05, 4.69) is 10.6 Å². The standard InChI is InChI=1S/C17H18N2O2/c1-18-10-12-6-8-13(9-7-12)19-17(20)15-11-21-16-5-3-2-4-14(15)16/h2-9,15,18H,10-11H2,1H3,(H,19,20). The van der Waals surface area contributed by atoms with Crippen LogP contribution < -0.4 is 15.4 Å². The molecule has 21 heavy (non-hydrogen) atoms. The molecule has 0 aromatic heterocycles. The molecular weight excluding hydrogens is 264 g/mol. The predicted molar refractivity (Wildman–Crippen MR) is 82.5 cm³/mol. The van der Waals surface area contributed by atoms with Crippen LogP contribution in [0.15, 0.2) is 48.5 Å². The van der Waals surface area contributed by atoms with Gasteiger partial charge in [0.15, 0.2) is 0 Å². The van der Waals surface area contributed by atoms with Crippen LogP contribution in [0.25, 0.3) is 0 Å². The third kappa shape index (κ3) is 2.90. The Morgan fingerprint density at radius 2 is 1.95 bits per heavy atom. The first-order valence-corrected chi connectivity index (χ1v) is 7.04. The molecule has 4 nitrogen and oxygen atoms in total. The largest absolute Gasteiger partial charge is 0.492 e. The highest BCUT2D eigenvalue weighted by Crippen LogP contribution is 2.34.